The maximum absolute atomic E-state index is 12.0. The van der Waals surface area contributed by atoms with Crippen molar-refractivity contribution in [1.82, 2.24) is 10.6 Å². The second-order valence-corrected chi connectivity index (χ2v) is 9.37. The number of halogens is 1. The highest BCUT2D eigenvalue weighted by molar-refractivity contribution is 14.0. The Morgan fingerprint density at radius 1 is 1.39 bits per heavy atom. The van der Waals surface area contributed by atoms with Crippen LogP contribution in [0.4, 0.5) is 0 Å². The van der Waals surface area contributed by atoms with E-state index in [9.17, 15) is 4.21 Å². The van der Waals surface area contributed by atoms with E-state index in [1.54, 1.807) is 11.3 Å². The van der Waals surface area contributed by atoms with E-state index in [1.807, 2.05) is 27.7 Å². The summed E-state index contributed by atoms with van der Waals surface area (Å²) in [5.41, 5.74) is 1.33. The largest absolute Gasteiger partial charge is 0.357 e. The van der Waals surface area contributed by atoms with Crippen molar-refractivity contribution in [3.63, 3.8) is 0 Å². The van der Waals surface area contributed by atoms with Gasteiger partial charge in [0, 0.05) is 46.9 Å². The molecule has 0 aliphatic carbocycles. The molecular formula is C16H30IN3OS2. The zero-order chi connectivity index (χ0) is 16.6. The molecule has 23 heavy (non-hydrogen) atoms. The van der Waals surface area contributed by atoms with Gasteiger partial charge in [0.05, 0.1) is 0 Å². The van der Waals surface area contributed by atoms with E-state index in [-0.39, 0.29) is 28.7 Å². The Labute approximate surface area is 164 Å². The first-order valence-electron chi connectivity index (χ1n) is 7.77. The highest BCUT2D eigenvalue weighted by Crippen LogP contribution is 2.18. The third-order valence-electron chi connectivity index (χ3n) is 3.24. The lowest BCUT2D eigenvalue weighted by molar-refractivity contribution is 0.647. The van der Waals surface area contributed by atoms with Crippen LogP contribution in [0.25, 0.3) is 0 Å². The topological polar surface area (TPSA) is 53.5 Å². The minimum Gasteiger partial charge on any atom is -0.357 e. The van der Waals surface area contributed by atoms with Gasteiger partial charge < -0.3 is 10.6 Å². The van der Waals surface area contributed by atoms with Gasteiger partial charge in [0.2, 0.25) is 0 Å². The predicted octanol–water partition coefficient (Wildman–Crippen LogP) is 3.57. The summed E-state index contributed by atoms with van der Waals surface area (Å²) in [5, 5.41) is 10.8. The molecule has 1 aromatic rings. The van der Waals surface area contributed by atoms with Gasteiger partial charge in [-0.3, -0.25) is 9.20 Å². The number of aliphatic imine (C=N–C) groups is 1. The molecule has 0 aliphatic heterocycles. The van der Waals surface area contributed by atoms with Crippen LogP contribution in [0.1, 0.15) is 46.1 Å². The van der Waals surface area contributed by atoms with E-state index >= 15 is 0 Å². The van der Waals surface area contributed by atoms with E-state index in [0.717, 1.165) is 19.0 Å². The van der Waals surface area contributed by atoms with Crippen molar-refractivity contribution in [3.8, 4) is 0 Å². The molecule has 0 bridgehead atoms. The van der Waals surface area contributed by atoms with Gasteiger partial charge in [0.25, 0.3) is 0 Å². The minimum atomic E-state index is -0.839. The summed E-state index contributed by atoms with van der Waals surface area (Å²) < 4.78 is 11.9. The molecule has 0 amide bonds. The number of nitrogens with one attached hydrogen (secondary N) is 2. The molecular weight excluding hydrogens is 441 g/mol. The highest BCUT2D eigenvalue weighted by atomic mass is 127. The Morgan fingerprint density at radius 2 is 2.09 bits per heavy atom. The molecule has 7 heteroatoms. The van der Waals surface area contributed by atoms with Crippen molar-refractivity contribution < 1.29 is 4.21 Å². The third-order valence-corrected chi connectivity index (χ3v) is 5.89. The maximum Gasteiger partial charge on any atom is 0.191 e. The molecule has 2 atom stereocenters. The van der Waals surface area contributed by atoms with Gasteiger partial charge in [-0.2, -0.15) is 11.3 Å². The van der Waals surface area contributed by atoms with Gasteiger partial charge in [-0.25, -0.2) is 0 Å². The predicted molar refractivity (Wildman–Crippen MR) is 115 cm³/mol. The molecule has 1 heterocycles. The van der Waals surface area contributed by atoms with Gasteiger partial charge in [0.1, 0.15) is 0 Å². The lowest BCUT2D eigenvalue weighted by Crippen LogP contribution is -2.40. The van der Waals surface area contributed by atoms with Crippen LogP contribution in [0.3, 0.4) is 0 Å². The van der Waals surface area contributed by atoms with Crippen molar-refractivity contribution in [2.45, 2.75) is 45.3 Å². The van der Waals surface area contributed by atoms with Crippen LogP contribution in [0, 0.1) is 0 Å². The number of hydrogen-bond acceptors (Lipinski definition) is 3. The molecule has 1 aromatic heterocycles. The Morgan fingerprint density at radius 3 is 2.61 bits per heavy atom. The molecule has 0 fully saturated rings. The molecule has 2 N–H and O–H groups in total. The first kappa shape index (κ1) is 22.9. The molecule has 0 saturated carbocycles. The lowest BCUT2D eigenvalue weighted by Gasteiger charge is -2.18. The van der Waals surface area contributed by atoms with Crippen molar-refractivity contribution in [2.75, 3.05) is 25.4 Å². The third kappa shape index (κ3) is 9.05. The zero-order valence-electron chi connectivity index (χ0n) is 14.7. The summed E-state index contributed by atoms with van der Waals surface area (Å²) in [6, 6.07) is 2.15. The normalized spacial score (nSPS) is 14.7. The Balaban J connectivity index is 0.00000484. The summed E-state index contributed by atoms with van der Waals surface area (Å²) in [5.74, 6) is 1.84. The average Bonchev–Trinajstić information content (AvgIpc) is 2.97. The molecule has 4 nitrogen and oxygen atoms in total. The molecule has 0 spiro atoms. The lowest BCUT2D eigenvalue weighted by atomic mass is 10.1. The standard InChI is InChI=1S/C16H29N3OS2.HI/c1-6-17-15(18-8-10-22(20)16(3,4)5)19-11-13(2)14-7-9-21-12-14;/h7,9,12-13H,6,8,10-11H2,1-5H3,(H2,17,18,19);1H. The zero-order valence-corrected chi connectivity index (χ0v) is 18.7. The number of thiophene rings is 1. The summed E-state index contributed by atoms with van der Waals surface area (Å²) in [6.07, 6.45) is 0. The van der Waals surface area contributed by atoms with Crippen LogP contribution in [-0.2, 0) is 10.8 Å². The van der Waals surface area contributed by atoms with E-state index < -0.39 is 10.8 Å². The molecule has 2 unspecified atom stereocenters. The fraction of sp³-hybridized carbons (Fsp3) is 0.688. The molecule has 1 rings (SSSR count). The van der Waals surface area contributed by atoms with Crippen molar-refractivity contribution in [1.29, 1.82) is 0 Å². The van der Waals surface area contributed by atoms with Crippen molar-refractivity contribution in [3.05, 3.63) is 22.4 Å². The van der Waals surface area contributed by atoms with Crippen LogP contribution in [0.5, 0.6) is 0 Å². The molecule has 0 aromatic carbocycles. The summed E-state index contributed by atoms with van der Waals surface area (Å²) in [4.78, 5) is 4.63. The second-order valence-electron chi connectivity index (χ2n) is 6.27. The number of nitrogens with zero attached hydrogens (tertiary/aromatic N) is 1. The minimum absolute atomic E-state index is 0. The van der Waals surface area contributed by atoms with Gasteiger partial charge in [-0.1, -0.05) is 6.92 Å². The fourth-order valence-electron chi connectivity index (χ4n) is 1.80. The molecule has 134 valence electrons. The van der Waals surface area contributed by atoms with Crippen LogP contribution in [0.15, 0.2) is 21.8 Å². The van der Waals surface area contributed by atoms with E-state index in [0.29, 0.717) is 18.2 Å². The Kier molecular flexibility index (Phi) is 11.3. The van der Waals surface area contributed by atoms with Crippen molar-refractivity contribution >= 4 is 52.1 Å². The van der Waals surface area contributed by atoms with E-state index in [4.69, 9.17) is 0 Å². The molecule has 0 saturated heterocycles. The first-order chi connectivity index (χ1) is 10.3. The van der Waals surface area contributed by atoms with Crippen LogP contribution < -0.4 is 10.6 Å². The summed E-state index contributed by atoms with van der Waals surface area (Å²) in [6.45, 7) is 12.5. The SMILES string of the molecule is CCNC(=NCC(C)c1ccsc1)NCCS(=O)C(C)(C)C.I. The second kappa shape index (κ2) is 11.4. The number of rotatable bonds is 7. The fourth-order valence-corrected chi connectivity index (χ4v) is 3.48. The van der Waals surface area contributed by atoms with Crippen LogP contribution >= 0.6 is 35.3 Å². The quantitative estimate of drug-likeness (QED) is 0.363. The van der Waals surface area contributed by atoms with E-state index in [1.165, 1.54) is 5.56 Å². The van der Waals surface area contributed by atoms with Gasteiger partial charge in [0.15, 0.2) is 5.96 Å². The van der Waals surface area contributed by atoms with Crippen LogP contribution in [-0.4, -0.2) is 40.3 Å². The van der Waals surface area contributed by atoms with Gasteiger partial charge in [-0.05, 0) is 50.1 Å². The number of guanidine groups is 1. The van der Waals surface area contributed by atoms with Gasteiger partial charge in [-0.15, -0.1) is 24.0 Å². The maximum atomic E-state index is 12.0. The highest BCUT2D eigenvalue weighted by Gasteiger charge is 2.18. The van der Waals surface area contributed by atoms with E-state index in [2.05, 4.69) is 39.4 Å². The first-order valence-corrected chi connectivity index (χ1v) is 10.0. The van der Waals surface area contributed by atoms with Crippen LogP contribution in [0.2, 0.25) is 0 Å². The summed E-state index contributed by atoms with van der Waals surface area (Å²) in [7, 11) is -0.839. The van der Waals surface area contributed by atoms with Gasteiger partial charge >= 0.3 is 0 Å². The number of hydrogen-bond donors (Lipinski definition) is 2. The summed E-state index contributed by atoms with van der Waals surface area (Å²) >= 11 is 1.72. The Hall–Kier alpha value is -0.150. The molecule has 0 aliphatic rings. The van der Waals surface area contributed by atoms with Crippen molar-refractivity contribution in [2.24, 2.45) is 4.99 Å². The average molecular weight is 471 g/mol. The smallest absolute Gasteiger partial charge is 0.191 e. The Bertz CT molecular complexity index is 484. The molecule has 0 radical (unpaired) electrons. The monoisotopic (exact) mass is 471 g/mol.